The van der Waals surface area contributed by atoms with E-state index in [-0.39, 0.29) is 5.41 Å². The van der Waals surface area contributed by atoms with Crippen molar-refractivity contribution in [3.8, 4) is 0 Å². The minimum atomic E-state index is -0.530. The Morgan fingerprint density at radius 2 is 1.93 bits per heavy atom. The number of pyridine rings is 1. The van der Waals surface area contributed by atoms with E-state index in [1.807, 2.05) is 41.9 Å². The van der Waals surface area contributed by atoms with E-state index >= 15 is 0 Å². The van der Waals surface area contributed by atoms with Crippen molar-refractivity contribution in [2.45, 2.75) is 37.9 Å². The van der Waals surface area contributed by atoms with Gasteiger partial charge in [0.1, 0.15) is 5.82 Å². The molecule has 2 aliphatic rings. The van der Waals surface area contributed by atoms with Gasteiger partial charge in [-0.25, -0.2) is 4.68 Å². The van der Waals surface area contributed by atoms with E-state index < -0.39 is 11.1 Å². The predicted molar refractivity (Wildman–Crippen MR) is 107 cm³/mol. The first-order valence-corrected chi connectivity index (χ1v) is 10.4. The lowest BCUT2D eigenvalue weighted by atomic mass is 9.85. The molecule has 1 unspecified atom stereocenters. The molecular formula is C20H21N5O2S. The van der Waals surface area contributed by atoms with Gasteiger partial charge in [0, 0.05) is 36.1 Å². The lowest BCUT2D eigenvalue weighted by molar-refractivity contribution is 0.295. The van der Waals surface area contributed by atoms with Gasteiger partial charge in [0.05, 0.1) is 12.2 Å². The van der Waals surface area contributed by atoms with Crippen molar-refractivity contribution in [1.82, 2.24) is 24.2 Å². The average molecular weight is 395 g/mol. The Balaban J connectivity index is 1.46. The molecule has 1 fully saturated rings. The van der Waals surface area contributed by atoms with Gasteiger partial charge in [0.25, 0.3) is 0 Å². The van der Waals surface area contributed by atoms with Gasteiger partial charge in [0.15, 0.2) is 0 Å². The molecule has 1 saturated heterocycles. The summed E-state index contributed by atoms with van der Waals surface area (Å²) in [7, 11) is 0. The standard InChI is InChI=1S/C20H21N5O2S/c26-17-18(27)25(13-16-5-3-11-28-16)22-19-20(7-10-24(17)19)6-9-23(14-20)12-15-4-1-2-8-21-15/h1-5,8,11H,6-7,9-10,12-14H2. The van der Waals surface area contributed by atoms with E-state index in [1.165, 1.54) is 4.68 Å². The molecule has 8 heteroatoms. The molecule has 2 aliphatic heterocycles. The van der Waals surface area contributed by atoms with Gasteiger partial charge in [-0.15, -0.1) is 11.3 Å². The SMILES string of the molecule is O=c1c(=O)n2c(nn1Cc1cccs1)C1(CCN(Cc3ccccn3)C1)CC2. The van der Waals surface area contributed by atoms with Crippen LogP contribution >= 0.6 is 11.3 Å². The summed E-state index contributed by atoms with van der Waals surface area (Å²) >= 11 is 1.57. The monoisotopic (exact) mass is 395 g/mol. The summed E-state index contributed by atoms with van der Waals surface area (Å²) in [6.45, 7) is 3.51. The third-order valence-corrected chi connectivity index (χ3v) is 6.71. The van der Waals surface area contributed by atoms with Crippen molar-refractivity contribution in [1.29, 1.82) is 0 Å². The Kier molecular flexibility index (Phi) is 4.25. The van der Waals surface area contributed by atoms with Crippen LogP contribution in [0, 0.1) is 0 Å². The van der Waals surface area contributed by atoms with E-state index in [4.69, 9.17) is 5.10 Å². The molecule has 7 nitrogen and oxygen atoms in total. The maximum Gasteiger partial charge on any atom is 0.332 e. The molecule has 144 valence electrons. The predicted octanol–water partition coefficient (Wildman–Crippen LogP) is 1.46. The number of rotatable bonds is 4. The quantitative estimate of drug-likeness (QED) is 0.626. The number of likely N-dealkylation sites (tertiary alicyclic amines) is 1. The smallest absolute Gasteiger partial charge is 0.296 e. The minimum absolute atomic E-state index is 0.154. The summed E-state index contributed by atoms with van der Waals surface area (Å²) in [5.41, 5.74) is -0.0801. The van der Waals surface area contributed by atoms with Gasteiger partial charge in [0.2, 0.25) is 0 Å². The lowest BCUT2D eigenvalue weighted by Crippen LogP contribution is -2.45. The highest BCUT2D eigenvalue weighted by atomic mass is 32.1. The molecule has 28 heavy (non-hydrogen) atoms. The van der Waals surface area contributed by atoms with Gasteiger partial charge in [-0.05, 0) is 43.0 Å². The fraction of sp³-hybridized carbons (Fsp3) is 0.400. The molecule has 0 bridgehead atoms. The van der Waals surface area contributed by atoms with Crippen molar-refractivity contribution in [2.75, 3.05) is 13.1 Å². The van der Waals surface area contributed by atoms with Gasteiger partial charge >= 0.3 is 11.1 Å². The highest BCUT2D eigenvalue weighted by Crippen LogP contribution is 2.40. The largest absolute Gasteiger partial charge is 0.332 e. The zero-order valence-corrected chi connectivity index (χ0v) is 16.3. The van der Waals surface area contributed by atoms with Crippen LogP contribution < -0.4 is 11.1 Å². The van der Waals surface area contributed by atoms with Gasteiger partial charge in [-0.1, -0.05) is 12.1 Å². The van der Waals surface area contributed by atoms with Crippen LogP contribution in [0.2, 0.25) is 0 Å². The third-order valence-electron chi connectivity index (χ3n) is 5.85. The summed E-state index contributed by atoms with van der Waals surface area (Å²) in [6.07, 6.45) is 3.62. The lowest BCUT2D eigenvalue weighted by Gasteiger charge is -2.23. The summed E-state index contributed by atoms with van der Waals surface area (Å²) in [5, 5.41) is 6.66. The van der Waals surface area contributed by atoms with Gasteiger partial charge in [-0.3, -0.25) is 24.0 Å². The second-order valence-electron chi connectivity index (χ2n) is 7.63. The van der Waals surface area contributed by atoms with Gasteiger partial charge in [-0.2, -0.15) is 5.10 Å². The van der Waals surface area contributed by atoms with Crippen molar-refractivity contribution in [3.63, 3.8) is 0 Å². The third kappa shape index (κ3) is 2.93. The van der Waals surface area contributed by atoms with Crippen molar-refractivity contribution < 1.29 is 0 Å². The van der Waals surface area contributed by atoms with Crippen molar-refractivity contribution in [3.05, 3.63) is 79.0 Å². The van der Waals surface area contributed by atoms with Crippen LogP contribution in [0.5, 0.6) is 0 Å². The first-order valence-electron chi connectivity index (χ1n) is 9.52. The summed E-state index contributed by atoms with van der Waals surface area (Å²) < 4.78 is 2.96. The topological polar surface area (TPSA) is 73.0 Å². The Bertz CT molecular complexity index is 1110. The Labute approximate surface area is 165 Å². The molecule has 3 aromatic rings. The Hall–Kier alpha value is -2.58. The summed E-state index contributed by atoms with van der Waals surface area (Å²) in [5.74, 6) is 0.775. The van der Waals surface area contributed by atoms with E-state index in [0.717, 1.165) is 48.9 Å². The van der Waals surface area contributed by atoms with Crippen LogP contribution in [-0.4, -0.2) is 37.3 Å². The molecule has 5 rings (SSSR count). The average Bonchev–Trinajstić information content (AvgIpc) is 3.43. The molecular weight excluding hydrogens is 374 g/mol. The number of hydrogen-bond donors (Lipinski definition) is 0. The first-order chi connectivity index (χ1) is 13.6. The Morgan fingerprint density at radius 1 is 1.04 bits per heavy atom. The fourth-order valence-corrected chi connectivity index (χ4v) is 5.12. The highest BCUT2D eigenvalue weighted by Gasteiger charge is 2.47. The number of nitrogens with zero attached hydrogens (tertiary/aromatic N) is 5. The molecule has 0 aliphatic carbocycles. The van der Waals surface area contributed by atoms with Crippen molar-refractivity contribution in [2.24, 2.45) is 0 Å². The highest BCUT2D eigenvalue weighted by molar-refractivity contribution is 7.09. The van der Waals surface area contributed by atoms with Crippen LogP contribution in [0.15, 0.2) is 51.5 Å². The maximum absolute atomic E-state index is 12.7. The molecule has 1 spiro atoms. The summed E-state index contributed by atoms with van der Waals surface area (Å²) in [4.78, 5) is 33.0. The molecule has 0 amide bonds. The summed E-state index contributed by atoms with van der Waals surface area (Å²) in [6, 6.07) is 9.87. The molecule has 1 atom stereocenters. The molecule has 0 aromatic carbocycles. The van der Waals surface area contributed by atoms with E-state index in [0.29, 0.717) is 13.1 Å². The zero-order chi connectivity index (χ0) is 19.1. The van der Waals surface area contributed by atoms with Crippen molar-refractivity contribution >= 4 is 11.3 Å². The van der Waals surface area contributed by atoms with E-state index in [1.54, 1.807) is 15.9 Å². The molecule has 0 saturated carbocycles. The van der Waals surface area contributed by atoms with Crippen LogP contribution in [-0.2, 0) is 25.0 Å². The van der Waals surface area contributed by atoms with Gasteiger partial charge < -0.3 is 0 Å². The fourth-order valence-electron chi connectivity index (χ4n) is 4.43. The van der Waals surface area contributed by atoms with E-state index in [2.05, 4.69) is 9.88 Å². The maximum atomic E-state index is 12.7. The normalized spacial score (nSPS) is 21.4. The number of thiophene rings is 1. The number of fused-ring (bicyclic) bond motifs is 2. The molecule has 0 N–H and O–H groups in total. The van der Waals surface area contributed by atoms with Crippen LogP contribution in [0.4, 0.5) is 0 Å². The Morgan fingerprint density at radius 3 is 2.71 bits per heavy atom. The number of aromatic nitrogens is 4. The second kappa shape index (κ2) is 6.79. The first kappa shape index (κ1) is 17.5. The molecule has 0 radical (unpaired) electrons. The van der Waals surface area contributed by atoms with Crippen LogP contribution in [0.3, 0.4) is 0 Å². The number of hydrogen-bond acceptors (Lipinski definition) is 6. The molecule has 3 aromatic heterocycles. The minimum Gasteiger partial charge on any atom is -0.296 e. The zero-order valence-electron chi connectivity index (χ0n) is 15.5. The molecule has 5 heterocycles. The second-order valence-corrected chi connectivity index (χ2v) is 8.67. The van der Waals surface area contributed by atoms with Crippen LogP contribution in [0.1, 0.15) is 29.2 Å². The van der Waals surface area contributed by atoms with Crippen LogP contribution in [0.25, 0.3) is 0 Å². The van der Waals surface area contributed by atoms with E-state index in [9.17, 15) is 9.59 Å².